The van der Waals surface area contributed by atoms with Gasteiger partial charge >= 0.3 is 0 Å². The van der Waals surface area contributed by atoms with Gasteiger partial charge in [-0.2, -0.15) is 0 Å². The van der Waals surface area contributed by atoms with Crippen molar-refractivity contribution in [3.8, 4) is 0 Å². The van der Waals surface area contributed by atoms with Crippen LogP contribution in [0.5, 0.6) is 0 Å². The summed E-state index contributed by atoms with van der Waals surface area (Å²) < 4.78 is 39.7. The van der Waals surface area contributed by atoms with Crippen molar-refractivity contribution >= 4 is 15.7 Å². The van der Waals surface area contributed by atoms with Crippen LogP contribution >= 0.6 is 0 Å². The fourth-order valence-corrected chi connectivity index (χ4v) is 2.70. The summed E-state index contributed by atoms with van der Waals surface area (Å²) in [5, 5.41) is 8.99. The molecule has 0 aromatic heterocycles. The monoisotopic (exact) mass is 281 g/mol. The number of sulfonamides is 1. The third-order valence-corrected chi connectivity index (χ3v) is 3.87. The summed E-state index contributed by atoms with van der Waals surface area (Å²) in [5.41, 5.74) is 0.355. The van der Waals surface area contributed by atoms with E-state index in [9.17, 15) is 12.8 Å². The Morgan fingerprint density at radius 2 is 1.84 bits per heavy atom. The molecule has 2 aromatic carbocycles. The fourth-order valence-electron chi connectivity index (χ4n) is 1.56. The Bertz CT molecular complexity index is 686. The van der Waals surface area contributed by atoms with E-state index in [1.807, 2.05) is 0 Å². The van der Waals surface area contributed by atoms with Gasteiger partial charge in [-0.25, -0.2) is 12.8 Å². The van der Waals surface area contributed by atoms with Crippen LogP contribution in [0, 0.1) is 5.82 Å². The van der Waals surface area contributed by atoms with Gasteiger partial charge < -0.3 is 5.11 Å². The lowest BCUT2D eigenvalue weighted by Gasteiger charge is -2.09. The molecule has 0 unspecified atom stereocenters. The molecule has 0 saturated heterocycles. The minimum Gasteiger partial charge on any atom is -0.392 e. The Kier molecular flexibility index (Phi) is 3.82. The van der Waals surface area contributed by atoms with Gasteiger partial charge in [0.15, 0.2) is 0 Å². The Morgan fingerprint density at radius 1 is 1.11 bits per heavy atom. The Morgan fingerprint density at radius 3 is 2.53 bits per heavy atom. The molecule has 6 heteroatoms. The van der Waals surface area contributed by atoms with Gasteiger partial charge in [0.05, 0.1) is 17.2 Å². The number of anilines is 1. The van der Waals surface area contributed by atoms with Crippen molar-refractivity contribution in [2.45, 2.75) is 11.5 Å². The van der Waals surface area contributed by atoms with E-state index in [-0.39, 0.29) is 17.2 Å². The van der Waals surface area contributed by atoms with Crippen LogP contribution in [0.3, 0.4) is 0 Å². The molecule has 0 bridgehead atoms. The van der Waals surface area contributed by atoms with E-state index in [0.717, 1.165) is 0 Å². The van der Waals surface area contributed by atoms with E-state index in [1.54, 1.807) is 6.07 Å². The molecule has 0 spiro atoms. The Labute approximate surface area is 110 Å². The molecule has 0 fully saturated rings. The van der Waals surface area contributed by atoms with Crippen LogP contribution in [-0.4, -0.2) is 13.5 Å². The summed E-state index contributed by atoms with van der Waals surface area (Å²) in [4.78, 5) is -0.0256. The average molecular weight is 281 g/mol. The van der Waals surface area contributed by atoms with Crippen molar-refractivity contribution in [3.63, 3.8) is 0 Å². The van der Waals surface area contributed by atoms with Crippen LogP contribution < -0.4 is 4.72 Å². The summed E-state index contributed by atoms with van der Waals surface area (Å²) in [5.74, 6) is -0.649. The van der Waals surface area contributed by atoms with E-state index in [0.29, 0.717) is 5.56 Å². The molecule has 0 heterocycles. The van der Waals surface area contributed by atoms with Crippen molar-refractivity contribution < 1.29 is 17.9 Å². The van der Waals surface area contributed by atoms with Crippen LogP contribution in [0.1, 0.15) is 5.56 Å². The minimum atomic E-state index is -3.87. The van der Waals surface area contributed by atoms with Crippen molar-refractivity contribution in [1.82, 2.24) is 0 Å². The summed E-state index contributed by atoms with van der Waals surface area (Å²) in [7, 11) is -3.87. The second-order valence-corrected chi connectivity index (χ2v) is 5.57. The predicted octanol–water partition coefficient (Wildman–Crippen LogP) is 2.12. The zero-order valence-corrected chi connectivity index (χ0v) is 10.7. The highest BCUT2D eigenvalue weighted by molar-refractivity contribution is 7.92. The van der Waals surface area contributed by atoms with E-state index < -0.39 is 15.8 Å². The van der Waals surface area contributed by atoms with E-state index in [1.165, 1.54) is 42.5 Å². The maximum absolute atomic E-state index is 13.4. The maximum Gasteiger partial charge on any atom is 0.261 e. The molecule has 2 N–H and O–H groups in total. The highest BCUT2D eigenvalue weighted by Crippen LogP contribution is 2.19. The summed E-state index contributed by atoms with van der Waals surface area (Å²) in [6, 6.07) is 11.3. The number of nitrogens with one attached hydrogen (secondary N) is 1. The minimum absolute atomic E-state index is 0.0256. The van der Waals surface area contributed by atoms with Crippen LogP contribution in [0.2, 0.25) is 0 Å². The number of rotatable bonds is 4. The molecular formula is C13H12FNO3S. The summed E-state index contributed by atoms with van der Waals surface area (Å²) in [6.45, 7) is -0.261. The first-order valence-corrected chi connectivity index (χ1v) is 6.98. The summed E-state index contributed by atoms with van der Waals surface area (Å²) in [6.07, 6.45) is 0. The third kappa shape index (κ3) is 3.10. The maximum atomic E-state index is 13.4. The lowest BCUT2D eigenvalue weighted by atomic mass is 10.2. The lowest BCUT2D eigenvalue weighted by Crippen LogP contribution is -2.14. The fraction of sp³-hybridized carbons (Fsp3) is 0.0769. The SMILES string of the molecule is O=S(=O)(Nc1ccccc1F)c1cccc(CO)c1. The van der Waals surface area contributed by atoms with E-state index in [4.69, 9.17) is 5.11 Å². The molecule has 0 radical (unpaired) electrons. The van der Waals surface area contributed by atoms with Crippen LogP contribution in [0.15, 0.2) is 53.4 Å². The first kappa shape index (κ1) is 13.5. The van der Waals surface area contributed by atoms with Gasteiger partial charge in [0, 0.05) is 0 Å². The number of halogens is 1. The smallest absolute Gasteiger partial charge is 0.261 e. The van der Waals surface area contributed by atoms with Gasteiger partial charge in [-0.1, -0.05) is 24.3 Å². The van der Waals surface area contributed by atoms with Crippen molar-refractivity contribution in [2.24, 2.45) is 0 Å². The molecule has 2 rings (SSSR count). The lowest BCUT2D eigenvalue weighted by molar-refractivity contribution is 0.281. The van der Waals surface area contributed by atoms with Crippen LogP contribution in [-0.2, 0) is 16.6 Å². The molecule has 0 amide bonds. The second kappa shape index (κ2) is 5.38. The van der Waals surface area contributed by atoms with Gasteiger partial charge in [-0.15, -0.1) is 0 Å². The number of hydrogen-bond donors (Lipinski definition) is 2. The molecule has 0 aliphatic heterocycles. The van der Waals surface area contributed by atoms with Crippen LogP contribution in [0.4, 0.5) is 10.1 Å². The van der Waals surface area contributed by atoms with Crippen molar-refractivity contribution in [3.05, 3.63) is 59.9 Å². The average Bonchev–Trinajstić information content (AvgIpc) is 2.41. The Balaban J connectivity index is 2.35. The molecule has 2 aromatic rings. The normalized spacial score (nSPS) is 11.3. The molecule has 19 heavy (non-hydrogen) atoms. The van der Waals surface area contributed by atoms with Gasteiger partial charge in [-0.05, 0) is 29.8 Å². The Hall–Kier alpha value is -1.92. The third-order valence-electron chi connectivity index (χ3n) is 2.51. The van der Waals surface area contributed by atoms with E-state index in [2.05, 4.69) is 4.72 Å². The van der Waals surface area contributed by atoms with Gasteiger partial charge in [0.25, 0.3) is 10.0 Å². The molecule has 0 saturated carbocycles. The van der Waals surface area contributed by atoms with E-state index >= 15 is 0 Å². The molecule has 100 valence electrons. The quantitative estimate of drug-likeness (QED) is 0.902. The van der Waals surface area contributed by atoms with Gasteiger partial charge in [0.1, 0.15) is 5.82 Å². The van der Waals surface area contributed by atoms with Crippen LogP contribution in [0.25, 0.3) is 0 Å². The number of aliphatic hydroxyl groups excluding tert-OH is 1. The zero-order valence-electron chi connectivity index (χ0n) is 9.88. The molecule has 0 aliphatic rings. The molecule has 0 atom stereocenters. The van der Waals surface area contributed by atoms with Crippen molar-refractivity contribution in [1.29, 1.82) is 0 Å². The number of aliphatic hydroxyl groups is 1. The van der Waals surface area contributed by atoms with Crippen molar-refractivity contribution in [2.75, 3.05) is 4.72 Å². The standard InChI is InChI=1S/C13H12FNO3S/c14-12-6-1-2-7-13(12)15-19(17,18)11-5-3-4-10(8-11)9-16/h1-8,15-16H,9H2. The largest absolute Gasteiger partial charge is 0.392 e. The number of hydrogen-bond acceptors (Lipinski definition) is 3. The second-order valence-electron chi connectivity index (χ2n) is 3.89. The number of benzene rings is 2. The predicted molar refractivity (Wildman–Crippen MR) is 69.6 cm³/mol. The zero-order chi connectivity index (χ0) is 13.9. The number of para-hydroxylation sites is 1. The summed E-state index contributed by atoms with van der Waals surface area (Å²) >= 11 is 0. The first-order chi connectivity index (χ1) is 9.03. The highest BCUT2D eigenvalue weighted by atomic mass is 32.2. The van der Waals surface area contributed by atoms with Gasteiger partial charge in [-0.3, -0.25) is 4.72 Å². The first-order valence-electron chi connectivity index (χ1n) is 5.50. The topological polar surface area (TPSA) is 66.4 Å². The molecule has 0 aliphatic carbocycles. The highest BCUT2D eigenvalue weighted by Gasteiger charge is 2.16. The molecular weight excluding hydrogens is 269 g/mol. The van der Waals surface area contributed by atoms with Gasteiger partial charge in [0.2, 0.25) is 0 Å². The molecule has 4 nitrogen and oxygen atoms in total.